The van der Waals surface area contributed by atoms with Crippen LogP contribution in [-0.2, 0) is 14.3 Å². The van der Waals surface area contributed by atoms with Gasteiger partial charge in [0.2, 0.25) is 0 Å². The van der Waals surface area contributed by atoms with Crippen LogP contribution < -0.4 is 10.1 Å². The van der Waals surface area contributed by atoms with Crippen LogP contribution in [0.25, 0.3) is 0 Å². The summed E-state index contributed by atoms with van der Waals surface area (Å²) in [6.45, 7) is 2.32. The van der Waals surface area contributed by atoms with E-state index in [4.69, 9.17) is 49.7 Å². The molecule has 1 aliphatic rings. The van der Waals surface area contributed by atoms with E-state index in [1.807, 2.05) is 0 Å². The van der Waals surface area contributed by atoms with E-state index in [1.165, 1.54) is 23.4 Å². The second kappa shape index (κ2) is 9.66. The van der Waals surface area contributed by atoms with Gasteiger partial charge in [-0.05, 0) is 23.5 Å². The summed E-state index contributed by atoms with van der Waals surface area (Å²) in [7, 11) is 1.21. The third kappa shape index (κ3) is 5.27. The zero-order valence-corrected chi connectivity index (χ0v) is 16.2. The molecule has 8 nitrogen and oxygen atoms in total. The molecule has 0 saturated carbocycles. The minimum atomic E-state index is -0.877. The molecular formula is C15H15Cl2N3O5S. The predicted molar refractivity (Wildman–Crippen MR) is 99.6 cm³/mol. The summed E-state index contributed by atoms with van der Waals surface area (Å²) in [4.78, 5) is 16.4. The van der Waals surface area contributed by atoms with Gasteiger partial charge in [0.1, 0.15) is 12.8 Å². The molecule has 1 aromatic carbocycles. The number of rotatable bonds is 3. The Bertz CT molecular complexity index is 753. The molecule has 1 fully saturated rings. The number of anilines is 1. The molecule has 1 heterocycles. The Kier molecular flexibility index (Phi) is 7.56. The molecule has 26 heavy (non-hydrogen) atoms. The van der Waals surface area contributed by atoms with E-state index < -0.39 is 6.16 Å². The average molecular weight is 420 g/mol. The van der Waals surface area contributed by atoms with Crippen LogP contribution in [0.4, 0.5) is 10.5 Å². The Morgan fingerprint density at radius 3 is 2.85 bits per heavy atom. The number of hydrazine groups is 1. The van der Waals surface area contributed by atoms with Gasteiger partial charge in [0.15, 0.2) is 10.9 Å². The Morgan fingerprint density at radius 1 is 1.38 bits per heavy atom. The number of benzene rings is 1. The summed E-state index contributed by atoms with van der Waals surface area (Å²) in [5.41, 5.74) is 0.428. The maximum Gasteiger partial charge on any atom is 0.529 e. The third-order valence-corrected chi connectivity index (χ3v) is 3.94. The van der Waals surface area contributed by atoms with E-state index in [1.54, 1.807) is 13.0 Å². The van der Waals surface area contributed by atoms with Gasteiger partial charge in [0, 0.05) is 13.0 Å². The van der Waals surface area contributed by atoms with Crippen LogP contribution in [0.2, 0.25) is 10.0 Å². The van der Waals surface area contributed by atoms with Crippen molar-refractivity contribution in [3.05, 3.63) is 22.2 Å². The Morgan fingerprint density at radius 2 is 2.15 bits per heavy atom. The molecule has 0 amide bonds. The topological polar surface area (TPSA) is 72.5 Å². The number of nitrogens with zero attached hydrogens (tertiary/aromatic N) is 2. The van der Waals surface area contributed by atoms with Gasteiger partial charge in [-0.25, -0.2) is 9.80 Å². The highest BCUT2D eigenvalue weighted by atomic mass is 35.5. The largest absolute Gasteiger partial charge is 0.529 e. The third-order valence-electron chi connectivity index (χ3n) is 3.02. The molecule has 11 heteroatoms. The molecule has 1 aliphatic heterocycles. The van der Waals surface area contributed by atoms with Crippen molar-refractivity contribution in [2.24, 2.45) is 0 Å². The summed E-state index contributed by atoms with van der Waals surface area (Å²) in [5.74, 6) is 2.91. The van der Waals surface area contributed by atoms with Crippen molar-refractivity contribution >= 4 is 52.4 Å². The monoisotopic (exact) mass is 419 g/mol. The van der Waals surface area contributed by atoms with Gasteiger partial charge in [-0.1, -0.05) is 29.1 Å². The number of hydrogen-bond acceptors (Lipinski definition) is 7. The summed E-state index contributed by atoms with van der Waals surface area (Å²) >= 11 is 17.6. The van der Waals surface area contributed by atoms with Crippen molar-refractivity contribution < 1.29 is 23.8 Å². The van der Waals surface area contributed by atoms with Gasteiger partial charge in [-0.15, -0.1) is 0 Å². The van der Waals surface area contributed by atoms with E-state index >= 15 is 0 Å². The number of ether oxygens (including phenoxy) is 3. The summed E-state index contributed by atoms with van der Waals surface area (Å²) < 4.78 is 15.1. The first-order chi connectivity index (χ1) is 12.5. The van der Waals surface area contributed by atoms with Crippen molar-refractivity contribution in [1.29, 1.82) is 0 Å². The van der Waals surface area contributed by atoms with Crippen molar-refractivity contribution in [3.63, 3.8) is 0 Å². The molecule has 2 rings (SSSR count). The molecule has 0 spiro atoms. The fourth-order valence-electron chi connectivity index (χ4n) is 1.85. The Labute approximate surface area is 165 Å². The zero-order valence-electron chi connectivity index (χ0n) is 13.9. The highest BCUT2D eigenvalue weighted by Crippen LogP contribution is 2.34. The highest BCUT2D eigenvalue weighted by Gasteiger charge is 2.27. The first-order valence-electron chi connectivity index (χ1n) is 7.23. The number of hydrogen-bond donors (Lipinski definition) is 1. The molecule has 0 unspecified atom stereocenters. The highest BCUT2D eigenvalue weighted by molar-refractivity contribution is 7.80. The van der Waals surface area contributed by atoms with Crippen molar-refractivity contribution in [1.82, 2.24) is 10.2 Å². The van der Waals surface area contributed by atoms with Crippen LogP contribution in [0.3, 0.4) is 0 Å². The van der Waals surface area contributed by atoms with Gasteiger partial charge < -0.3 is 24.4 Å². The van der Waals surface area contributed by atoms with Crippen LogP contribution >= 0.6 is 35.4 Å². The fourth-order valence-corrected chi connectivity index (χ4v) is 2.57. The average Bonchev–Trinajstić information content (AvgIpc) is 2.63. The second-order valence-corrected chi connectivity index (χ2v) is 5.91. The van der Waals surface area contributed by atoms with E-state index in [0.717, 1.165) is 0 Å². The fraction of sp³-hybridized carbons (Fsp3) is 0.333. The minimum absolute atomic E-state index is 0.0682. The number of thiocarbonyl (C=S) groups is 1. The van der Waals surface area contributed by atoms with Crippen LogP contribution in [0.5, 0.6) is 5.75 Å². The van der Waals surface area contributed by atoms with Crippen LogP contribution in [0.15, 0.2) is 12.1 Å². The van der Waals surface area contributed by atoms with Crippen molar-refractivity contribution in [2.75, 3.05) is 32.3 Å². The lowest BCUT2D eigenvalue weighted by Gasteiger charge is -2.37. The number of halogens is 2. The molecule has 0 aliphatic carbocycles. The zero-order chi connectivity index (χ0) is 19.1. The Balaban J connectivity index is 2.16. The SMILES string of the molecule is CC#COc1cc(NC(=S)N2COCCN2OC(=O)OC)c(Cl)cc1Cl. The summed E-state index contributed by atoms with van der Waals surface area (Å²) in [5, 5.41) is 6.34. The molecule has 0 radical (unpaired) electrons. The standard InChI is InChI=1S/C15H15Cl2N3O5S/c1-3-5-24-13-8-12(10(16)7-11(13)17)18-14(26)19-9-23-6-4-20(19)25-15(21)22-2/h7-8H,4,6,9H2,1-2H3,(H,18,26). The molecule has 0 bridgehead atoms. The molecule has 1 saturated heterocycles. The number of nitrogens with one attached hydrogen (secondary N) is 1. The first-order valence-corrected chi connectivity index (χ1v) is 8.40. The minimum Gasteiger partial charge on any atom is -0.436 e. The number of hydroxylamine groups is 1. The molecule has 0 aromatic heterocycles. The quantitative estimate of drug-likeness (QED) is 0.451. The van der Waals surface area contributed by atoms with E-state index in [2.05, 4.69) is 22.1 Å². The molecule has 1 N–H and O–H groups in total. The normalized spacial score (nSPS) is 14.1. The lowest BCUT2D eigenvalue weighted by molar-refractivity contribution is -0.275. The molecule has 1 aromatic rings. The van der Waals surface area contributed by atoms with E-state index in [9.17, 15) is 4.79 Å². The van der Waals surface area contributed by atoms with Gasteiger partial charge in [-0.3, -0.25) is 0 Å². The van der Waals surface area contributed by atoms with Crippen molar-refractivity contribution in [3.8, 4) is 17.8 Å². The maximum atomic E-state index is 11.4. The van der Waals surface area contributed by atoms with Crippen LogP contribution in [-0.4, -0.2) is 48.4 Å². The maximum absolute atomic E-state index is 11.4. The van der Waals surface area contributed by atoms with Gasteiger partial charge in [0.05, 0.1) is 36.0 Å². The number of carbonyl (C=O) groups excluding carboxylic acids is 1. The van der Waals surface area contributed by atoms with Crippen LogP contribution in [0.1, 0.15) is 6.92 Å². The molecule has 0 atom stereocenters. The predicted octanol–water partition coefficient (Wildman–Crippen LogP) is 3.25. The molecular weight excluding hydrogens is 405 g/mol. The van der Waals surface area contributed by atoms with Crippen molar-refractivity contribution in [2.45, 2.75) is 6.92 Å². The lowest BCUT2D eigenvalue weighted by Crippen LogP contribution is -2.54. The summed E-state index contributed by atoms with van der Waals surface area (Å²) in [6.07, 6.45) is 1.58. The van der Waals surface area contributed by atoms with Gasteiger partial charge in [-0.2, -0.15) is 0 Å². The van der Waals surface area contributed by atoms with Crippen LogP contribution in [0, 0.1) is 12.0 Å². The smallest absolute Gasteiger partial charge is 0.436 e. The lowest BCUT2D eigenvalue weighted by atomic mass is 10.3. The molecule has 140 valence electrons. The first kappa shape index (κ1) is 20.4. The second-order valence-electron chi connectivity index (χ2n) is 4.70. The van der Waals surface area contributed by atoms with E-state index in [0.29, 0.717) is 28.1 Å². The summed E-state index contributed by atoms with van der Waals surface area (Å²) in [6, 6.07) is 3.05. The van der Waals surface area contributed by atoms with Gasteiger partial charge in [0.25, 0.3) is 0 Å². The van der Waals surface area contributed by atoms with E-state index in [-0.39, 0.29) is 18.4 Å². The Hall–Kier alpha value is -1.96. The number of carbonyl (C=O) groups is 1. The van der Waals surface area contributed by atoms with Gasteiger partial charge >= 0.3 is 6.16 Å². The number of methoxy groups -OCH3 is 1.